The summed E-state index contributed by atoms with van der Waals surface area (Å²) in [7, 11) is 0. The van der Waals surface area contributed by atoms with Crippen molar-refractivity contribution in [2.24, 2.45) is 11.7 Å². The van der Waals surface area contributed by atoms with Gasteiger partial charge in [0.1, 0.15) is 31.1 Å². The minimum atomic E-state index is -2.03. The van der Waals surface area contributed by atoms with Crippen molar-refractivity contribution in [1.82, 2.24) is 25.5 Å². The van der Waals surface area contributed by atoms with Crippen molar-refractivity contribution in [3.05, 3.63) is 91.5 Å². The predicted molar refractivity (Wildman–Crippen MR) is 278 cm³/mol. The lowest BCUT2D eigenvalue weighted by molar-refractivity contribution is -0.172. The molecule has 1 unspecified atom stereocenters. The first kappa shape index (κ1) is 54.3. The number of anilines is 1. The third-order valence-corrected chi connectivity index (χ3v) is 14.4. The number of benzene rings is 2. The fourth-order valence-corrected chi connectivity index (χ4v) is 9.96. The fraction of sp³-hybridized carbons (Fsp3) is 0.528. The van der Waals surface area contributed by atoms with E-state index in [0.717, 1.165) is 12.0 Å². The Bertz CT molecular complexity index is 2830. The summed E-state index contributed by atoms with van der Waals surface area (Å²) < 4.78 is 34.0. The number of aryl methyl sites for hydroxylation is 1. The molecule has 17 nitrogen and oxygen atoms in total. The number of pyridine rings is 2. The van der Waals surface area contributed by atoms with Crippen LogP contribution in [0.15, 0.2) is 41.2 Å². The van der Waals surface area contributed by atoms with E-state index in [2.05, 4.69) is 57.7 Å². The Balaban J connectivity index is 1.01. The van der Waals surface area contributed by atoms with Crippen LogP contribution in [-0.2, 0) is 65.2 Å². The normalized spacial score (nSPS) is 17.8. The molecule has 7 rings (SSSR count). The second-order valence-corrected chi connectivity index (χ2v) is 23.6. The van der Waals surface area contributed by atoms with Gasteiger partial charge < -0.3 is 50.9 Å². The second kappa shape index (κ2) is 21.9. The maximum absolute atomic E-state index is 15.4. The minimum absolute atomic E-state index is 0.0249. The third kappa shape index (κ3) is 11.8. The van der Waals surface area contributed by atoms with Crippen LogP contribution in [0.1, 0.15) is 138 Å². The van der Waals surface area contributed by atoms with Gasteiger partial charge >= 0.3 is 12.1 Å². The molecule has 4 atom stereocenters. The summed E-state index contributed by atoms with van der Waals surface area (Å²) in [5.41, 5.74) is 7.59. The molecule has 4 heterocycles. The van der Waals surface area contributed by atoms with Crippen LogP contribution in [0.25, 0.3) is 22.3 Å². The molecular formula is C53H67FIN7O10. The van der Waals surface area contributed by atoms with Gasteiger partial charge in [-0.15, -0.1) is 0 Å². The molecule has 72 heavy (non-hydrogen) atoms. The number of cyclic esters (lactones) is 1. The van der Waals surface area contributed by atoms with E-state index in [-0.39, 0.29) is 59.0 Å². The lowest BCUT2D eigenvalue weighted by Gasteiger charge is -2.31. The average Bonchev–Trinajstić information content (AvgIpc) is 3.68. The molecule has 0 radical (unpaired) electrons. The van der Waals surface area contributed by atoms with E-state index in [0.29, 0.717) is 95.5 Å². The highest BCUT2D eigenvalue weighted by Crippen LogP contribution is 2.46. The Morgan fingerprint density at radius 1 is 1.04 bits per heavy atom. The number of ether oxygens (including phenoxy) is 3. The van der Waals surface area contributed by atoms with E-state index in [4.69, 9.17) is 24.9 Å². The van der Waals surface area contributed by atoms with Gasteiger partial charge in [-0.1, -0.05) is 69.3 Å². The number of halogens is 2. The molecular weight excluding hydrogens is 1040 g/mol. The highest BCUT2D eigenvalue weighted by Gasteiger charge is 2.46. The number of carbonyl (C=O) groups excluding carboxylic acids is 5. The van der Waals surface area contributed by atoms with Crippen molar-refractivity contribution >= 4 is 69.0 Å². The summed E-state index contributed by atoms with van der Waals surface area (Å²) in [6, 6.07) is 7.22. The van der Waals surface area contributed by atoms with Gasteiger partial charge in [-0.25, -0.2) is 19.0 Å². The fourth-order valence-electron chi connectivity index (χ4n) is 9.74. The van der Waals surface area contributed by atoms with E-state index < -0.39 is 64.6 Å². The van der Waals surface area contributed by atoms with E-state index >= 15 is 4.39 Å². The molecule has 0 saturated heterocycles. The van der Waals surface area contributed by atoms with Gasteiger partial charge in [0.15, 0.2) is 5.60 Å². The van der Waals surface area contributed by atoms with Gasteiger partial charge in [0.2, 0.25) is 17.7 Å². The molecule has 388 valence electrons. The van der Waals surface area contributed by atoms with Crippen molar-refractivity contribution in [3.8, 4) is 11.4 Å². The van der Waals surface area contributed by atoms with Crippen LogP contribution < -0.4 is 32.6 Å². The van der Waals surface area contributed by atoms with Crippen LogP contribution in [0.5, 0.6) is 0 Å². The largest absolute Gasteiger partial charge is 0.458 e. The number of aromatic nitrogens is 2. The number of aliphatic hydroxyl groups is 1. The number of fused-ring (bicyclic) bond motifs is 5. The Morgan fingerprint density at radius 3 is 2.43 bits per heavy atom. The van der Waals surface area contributed by atoms with Gasteiger partial charge in [-0.05, 0) is 119 Å². The molecule has 3 aliphatic rings. The number of hydrogen-bond acceptors (Lipinski definition) is 12. The van der Waals surface area contributed by atoms with E-state index in [9.17, 15) is 33.9 Å². The lowest BCUT2D eigenvalue weighted by Crippen LogP contribution is -2.55. The number of unbranched alkanes of at least 4 members (excludes halogenated alkanes) is 1. The van der Waals surface area contributed by atoms with Crippen LogP contribution in [0.3, 0.4) is 0 Å². The highest BCUT2D eigenvalue weighted by molar-refractivity contribution is 14.1. The third-order valence-electron chi connectivity index (χ3n) is 13.9. The van der Waals surface area contributed by atoms with Crippen LogP contribution >= 0.6 is 22.6 Å². The van der Waals surface area contributed by atoms with Crippen LogP contribution in [-0.4, -0.2) is 78.7 Å². The molecule has 0 spiro atoms. The lowest BCUT2D eigenvalue weighted by atomic mass is 9.81. The second-order valence-electron chi connectivity index (χ2n) is 20.7. The van der Waals surface area contributed by atoms with Crippen molar-refractivity contribution < 1.29 is 47.7 Å². The Morgan fingerprint density at radius 2 is 1.76 bits per heavy atom. The number of hydrogen-bond donors (Lipinski definition) is 6. The van der Waals surface area contributed by atoms with Gasteiger partial charge in [0.25, 0.3) is 5.56 Å². The molecule has 0 bridgehead atoms. The van der Waals surface area contributed by atoms with E-state index in [1.807, 2.05) is 27.7 Å². The predicted octanol–water partition coefficient (Wildman–Crippen LogP) is 6.92. The number of nitrogens with zero attached hydrogens (tertiary/aromatic N) is 2. The Kier molecular flexibility index (Phi) is 16.5. The highest BCUT2D eigenvalue weighted by atomic mass is 127. The van der Waals surface area contributed by atoms with Crippen molar-refractivity contribution in [2.75, 3.05) is 18.5 Å². The molecule has 2 aromatic heterocycles. The number of alkyl halides is 1. The summed E-state index contributed by atoms with van der Waals surface area (Å²) in [5.74, 6) is -2.84. The molecule has 4 amide bonds. The quantitative estimate of drug-likeness (QED) is 0.0201. The standard InChI is InChI=1S/C53H67FIN7O10/c1-9-53(69)35-22-40-45-33(25-62(40)48(66)34(35)27-70-49(53)67)43-37(18-17-32-29(4)36(54)23-39(58-45)42(32)43)60-50(68)71-26-30-13-15-31(16-14-30)57-46(64)38(12-10-11-20-56)59-47(65)44(28(2)3)61-41(63)24-52(7,8)72-21-19-51(5,6)55/h13-16,22-23,28,37-38,44,69H,9-12,17-21,24-27,56H2,1-8H3,(H,57,64)(H,59,65)(H,60,68)(H,61,63)/t37-,38-,44?,53-/m0/s1. The number of esters is 1. The zero-order valence-electron chi connectivity index (χ0n) is 42.3. The number of amides is 4. The summed E-state index contributed by atoms with van der Waals surface area (Å²) in [5, 5.41) is 23.7. The van der Waals surface area contributed by atoms with E-state index in [1.165, 1.54) is 10.6 Å². The Hall–Kier alpha value is -5.51. The summed E-state index contributed by atoms with van der Waals surface area (Å²) in [6.07, 6.45) is 2.48. The van der Waals surface area contributed by atoms with Crippen molar-refractivity contribution in [1.29, 1.82) is 0 Å². The first-order chi connectivity index (χ1) is 33.9. The first-order valence-electron chi connectivity index (χ1n) is 24.7. The monoisotopic (exact) mass is 1110 g/mol. The van der Waals surface area contributed by atoms with E-state index in [1.54, 1.807) is 44.2 Å². The average molecular weight is 1110 g/mol. The number of carbonyl (C=O) groups is 5. The van der Waals surface area contributed by atoms with Gasteiger partial charge in [0, 0.05) is 38.3 Å². The van der Waals surface area contributed by atoms with Crippen LogP contribution in [0.4, 0.5) is 14.9 Å². The summed E-state index contributed by atoms with van der Waals surface area (Å²) in [6.45, 7) is 15.4. The molecule has 2 aromatic carbocycles. The molecule has 2 aliphatic heterocycles. The number of alkyl carbamates (subject to hydrolysis) is 1. The van der Waals surface area contributed by atoms with Crippen LogP contribution in [0, 0.1) is 18.7 Å². The number of nitrogens with two attached hydrogens (primary N) is 1. The summed E-state index contributed by atoms with van der Waals surface area (Å²) in [4.78, 5) is 85.9. The zero-order chi connectivity index (χ0) is 52.4. The summed E-state index contributed by atoms with van der Waals surface area (Å²) >= 11 is 2.36. The SMILES string of the molecule is CC[C@@]1(O)C(=O)OCc2c1cc1n(c2=O)Cc2c-1nc1cc(F)c(C)c3c1c2[C@@H](NC(=O)OCc1ccc(NC(=O)[C@H](CCCCN)NC(=O)C(NC(=O)CC(C)(C)OCCC(C)(C)I)C(C)C)cc1)CC3. The zero-order valence-corrected chi connectivity index (χ0v) is 44.5. The number of nitrogens with one attached hydrogen (secondary N) is 4. The Labute approximate surface area is 432 Å². The smallest absolute Gasteiger partial charge is 0.407 e. The van der Waals surface area contributed by atoms with Gasteiger partial charge in [-0.3, -0.25) is 19.2 Å². The molecule has 0 fully saturated rings. The maximum atomic E-state index is 15.4. The molecule has 0 saturated carbocycles. The molecule has 1 aliphatic carbocycles. The number of rotatable bonds is 20. The molecule has 19 heteroatoms. The van der Waals surface area contributed by atoms with Crippen LogP contribution in [0.2, 0.25) is 0 Å². The molecule has 4 aromatic rings. The minimum Gasteiger partial charge on any atom is -0.458 e. The van der Waals surface area contributed by atoms with Gasteiger partial charge in [0.05, 0.1) is 47.1 Å². The molecule has 7 N–H and O–H groups in total. The maximum Gasteiger partial charge on any atom is 0.407 e. The van der Waals surface area contributed by atoms with Gasteiger partial charge in [-0.2, -0.15) is 0 Å². The van der Waals surface area contributed by atoms with Crippen molar-refractivity contribution in [2.45, 2.75) is 159 Å². The van der Waals surface area contributed by atoms with Crippen molar-refractivity contribution in [3.63, 3.8) is 0 Å². The topological polar surface area (TPSA) is 242 Å². The first-order valence-corrected chi connectivity index (χ1v) is 25.8.